The molecule has 2 rings (SSSR count). The standard InChI is InChI=1S/C14H15IN2O3/c1-18-14(19-2)12-7-16-9-17-13(12)20-8-10-3-5-11(15)6-4-10/h3-7,9,14H,8H2,1-2H3. The molecule has 0 N–H and O–H groups in total. The van der Waals surface area contributed by atoms with Gasteiger partial charge in [-0.05, 0) is 40.3 Å². The summed E-state index contributed by atoms with van der Waals surface area (Å²) >= 11 is 2.27. The normalized spacial score (nSPS) is 10.8. The summed E-state index contributed by atoms with van der Waals surface area (Å²) in [5, 5.41) is 0. The quantitative estimate of drug-likeness (QED) is 0.565. The van der Waals surface area contributed by atoms with E-state index in [1.165, 1.54) is 9.90 Å². The van der Waals surface area contributed by atoms with Crippen LogP contribution in [0.1, 0.15) is 17.4 Å². The fourth-order valence-corrected chi connectivity index (χ4v) is 2.05. The van der Waals surface area contributed by atoms with Gasteiger partial charge < -0.3 is 14.2 Å². The van der Waals surface area contributed by atoms with E-state index in [0.29, 0.717) is 18.1 Å². The van der Waals surface area contributed by atoms with E-state index in [1.54, 1.807) is 20.4 Å². The van der Waals surface area contributed by atoms with Crippen molar-refractivity contribution in [3.8, 4) is 5.88 Å². The monoisotopic (exact) mass is 386 g/mol. The molecule has 0 atom stereocenters. The van der Waals surface area contributed by atoms with Gasteiger partial charge in [0.2, 0.25) is 5.88 Å². The number of nitrogens with zero attached hydrogens (tertiary/aromatic N) is 2. The topological polar surface area (TPSA) is 53.5 Å². The van der Waals surface area contributed by atoms with Crippen molar-refractivity contribution in [3.05, 3.63) is 51.5 Å². The summed E-state index contributed by atoms with van der Waals surface area (Å²) in [6.45, 7) is 0.432. The van der Waals surface area contributed by atoms with Gasteiger partial charge in [0.05, 0.1) is 5.56 Å². The van der Waals surface area contributed by atoms with Gasteiger partial charge in [0, 0.05) is 24.0 Å². The smallest absolute Gasteiger partial charge is 0.225 e. The van der Waals surface area contributed by atoms with Gasteiger partial charge in [-0.15, -0.1) is 0 Å². The third-order valence-electron chi connectivity index (χ3n) is 2.67. The summed E-state index contributed by atoms with van der Waals surface area (Å²) in [5.74, 6) is 0.465. The first-order valence-electron chi connectivity index (χ1n) is 5.97. The highest BCUT2D eigenvalue weighted by Crippen LogP contribution is 2.25. The highest BCUT2D eigenvalue weighted by atomic mass is 127. The molecule has 2 aromatic rings. The van der Waals surface area contributed by atoms with Gasteiger partial charge in [-0.2, -0.15) is 0 Å². The van der Waals surface area contributed by atoms with Crippen LogP contribution in [-0.2, 0) is 16.1 Å². The Bertz CT molecular complexity index is 544. The first kappa shape index (κ1) is 15.1. The predicted octanol–water partition coefficient (Wildman–Crippen LogP) is 2.95. The zero-order valence-electron chi connectivity index (χ0n) is 11.2. The Hall–Kier alpha value is -1.25. The third-order valence-corrected chi connectivity index (χ3v) is 3.39. The molecule has 1 aromatic carbocycles. The van der Waals surface area contributed by atoms with Crippen molar-refractivity contribution in [2.75, 3.05) is 14.2 Å². The SMILES string of the molecule is COC(OC)c1cncnc1OCc1ccc(I)cc1. The number of hydrogen-bond donors (Lipinski definition) is 0. The van der Waals surface area contributed by atoms with Crippen LogP contribution in [0.3, 0.4) is 0 Å². The zero-order valence-corrected chi connectivity index (χ0v) is 13.4. The molecule has 0 saturated carbocycles. The maximum atomic E-state index is 5.73. The minimum atomic E-state index is -0.539. The van der Waals surface area contributed by atoms with Gasteiger partial charge in [0.25, 0.3) is 0 Å². The summed E-state index contributed by atoms with van der Waals surface area (Å²) < 4.78 is 17.3. The molecule has 0 saturated heterocycles. The van der Waals surface area contributed by atoms with E-state index >= 15 is 0 Å². The highest BCUT2D eigenvalue weighted by Gasteiger charge is 2.16. The average Bonchev–Trinajstić information content (AvgIpc) is 2.49. The van der Waals surface area contributed by atoms with Crippen LogP contribution in [0.2, 0.25) is 0 Å². The van der Waals surface area contributed by atoms with Crippen LogP contribution in [0.25, 0.3) is 0 Å². The van der Waals surface area contributed by atoms with E-state index in [-0.39, 0.29) is 0 Å². The molecular formula is C14H15IN2O3. The Kier molecular flexibility index (Phi) is 5.69. The summed E-state index contributed by atoms with van der Waals surface area (Å²) in [6, 6.07) is 8.11. The number of methoxy groups -OCH3 is 2. The molecule has 1 heterocycles. The molecule has 6 heteroatoms. The number of ether oxygens (including phenoxy) is 3. The molecule has 0 unspecified atom stereocenters. The summed E-state index contributed by atoms with van der Waals surface area (Å²) in [7, 11) is 3.12. The maximum Gasteiger partial charge on any atom is 0.225 e. The molecule has 0 aliphatic carbocycles. The Labute approximate surface area is 131 Å². The molecule has 0 aliphatic heterocycles. The van der Waals surface area contributed by atoms with Crippen molar-refractivity contribution in [2.45, 2.75) is 12.9 Å². The molecule has 0 bridgehead atoms. The van der Waals surface area contributed by atoms with Gasteiger partial charge in [0.15, 0.2) is 6.29 Å². The van der Waals surface area contributed by atoms with Crippen LogP contribution in [0.4, 0.5) is 0 Å². The Balaban J connectivity index is 2.11. The molecule has 20 heavy (non-hydrogen) atoms. The van der Waals surface area contributed by atoms with Gasteiger partial charge in [0.1, 0.15) is 12.9 Å². The first-order valence-corrected chi connectivity index (χ1v) is 7.05. The molecular weight excluding hydrogens is 371 g/mol. The minimum absolute atomic E-state index is 0.432. The minimum Gasteiger partial charge on any atom is -0.472 e. The molecule has 0 aliphatic rings. The molecule has 5 nitrogen and oxygen atoms in total. The fraction of sp³-hybridized carbons (Fsp3) is 0.286. The van der Waals surface area contributed by atoms with Crippen molar-refractivity contribution in [2.24, 2.45) is 0 Å². The Morgan fingerprint density at radius 2 is 1.85 bits per heavy atom. The maximum absolute atomic E-state index is 5.73. The van der Waals surface area contributed by atoms with E-state index in [4.69, 9.17) is 14.2 Å². The van der Waals surface area contributed by atoms with E-state index in [1.807, 2.05) is 24.3 Å². The van der Waals surface area contributed by atoms with Crippen molar-refractivity contribution >= 4 is 22.6 Å². The van der Waals surface area contributed by atoms with Crippen molar-refractivity contribution in [1.82, 2.24) is 9.97 Å². The second-order valence-corrected chi connectivity index (χ2v) is 5.25. The number of benzene rings is 1. The highest BCUT2D eigenvalue weighted by molar-refractivity contribution is 14.1. The molecule has 1 aromatic heterocycles. The van der Waals surface area contributed by atoms with Crippen LogP contribution >= 0.6 is 22.6 Å². The fourth-order valence-electron chi connectivity index (χ4n) is 1.69. The van der Waals surface area contributed by atoms with Gasteiger partial charge in [-0.3, -0.25) is 0 Å². The molecule has 0 fully saturated rings. The van der Waals surface area contributed by atoms with E-state index in [0.717, 1.165) is 5.56 Å². The zero-order chi connectivity index (χ0) is 14.4. The Morgan fingerprint density at radius 1 is 1.15 bits per heavy atom. The summed E-state index contributed by atoms with van der Waals surface area (Å²) in [4.78, 5) is 8.11. The van der Waals surface area contributed by atoms with Gasteiger partial charge in [-0.1, -0.05) is 12.1 Å². The third kappa shape index (κ3) is 3.87. The summed E-state index contributed by atoms with van der Waals surface area (Å²) in [6.07, 6.45) is 2.53. The van der Waals surface area contributed by atoms with Crippen molar-refractivity contribution in [1.29, 1.82) is 0 Å². The number of halogens is 1. The summed E-state index contributed by atoms with van der Waals surface area (Å²) in [5.41, 5.74) is 1.74. The Morgan fingerprint density at radius 3 is 2.50 bits per heavy atom. The lowest BCUT2D eigenvalue weighted by atomic mass is 10.2. The van der Waals surface area contributed by atoms with Crippen LogP contribution in [-0.4, -0.2) is 24.2 Å². The average molecular weight is 386 g/mol. The van der Waals surface area contributed by atoms with Crippen LogP contribution in [0, 0.1) is 3.57 Å². The number of rotatable bonds is 6. The number of hydrogen-bond acceptors (Lipinski definition) is 5. The lowest BCUT2D eigenvalue weighted by Gasteiger charge is -2.16. The first-order chi connectivity index (χ1) is 9.74. The van der Waals surface area contributed by atoms with E-state index < -0.39 is 6.29 Å². The largest absolute Gasteiger partial charge is 0.472 e. The number of aromatic nitrogens is 2. The molecule has 0 spiro atoms. The van der Waals surface area contributed by atoms with Crippen LogP contribution in [0.15, 0.2) is 36.8 Å². The van der Waals surface area contributed by atoms with E-state index in [2.05, 4.69) is 32.6 Å². The van der Waals surface area contributed by atoms with E-state index in [9.17, 15) is 0 Å². The van der Waals surface area contributed by atoms with Crippen LogP contribution in [0.5, 0.6) is 5.88 Å². The van der Waals surface area contributed by atoms with Gasteiger partial charge in [-0.25, -0.2) is 9.97 Å². The molecule has 106 valence electrons. The second kappa shape index (κ2) is 7.51. The van der Waals surface area contributed by atoms with Crippen molar-refractivity contribution < 1.29 is 14.2 Å². The van der Waals surface area contributed by atoms with Crippen molar-refractivity contribution in [3.63, 3.8) is 0 Å². The second-order valence-electron chi connectivity index (χ2n) is 4.00. The van der Waals surface area contributed by atoms with Crippen LogP contribution < -0.4 is 4.74 Å². The lowest BCUT2D eigenvalue weighted by Crippen LogP contribution is -2.09. The molecule has 0 amide bonds. The van der Waals surface area contributed by atoms with Gasteiger partial charge >= 0.3 is 0 Å². The predicted molar refractivity (Wildman–Crippen MR) is 82.3 cm³/mol. The lowest BCUT2D eigenvalue weighted by molar-refractivity contribution is -0.107. The molecule has 0 radical (unpaired) electrons.